The lowest BCUT2D eigenvalue weighted by Gasteiger charge is -2.27. The molecule has 1 aliphatic rings. The number of aromatic nitrogens is 3. The van der Waals surface area contributed by atoms with Crippen molar-refractivity contribution in [3.8, 4) is 5.69 Å². The molecule has 0 spiro atoms. The average molecular weight is 415 g/mol. The van der Waals surface area contributed by atoms with Crippen LogP contribution in [0.3, 0.4) is 0 Å². The summed E-state index contributed by atoms with van der Waals surface area (Å²) in [5, 5.41) is 9.71. The molecule has 6 nitrogen and oxygen atoms in total. The molecule has 0 saturated carbocycles. The summed E-state index contributed by atoms with van der Waals surface area (Å²) in [6, 6.07) is 19.7. The zero-order chi connectivity index (χ0) is 19.2. The molecule has 146 valence electrons. The average Bonchev–Trinajstić information content (AvgIpc) is 3.19. The van der Waals surface area contributed by atoms with Crippen LogP contribution in [0.4, 0.5) is 5.95 Å². The van der Waals surface area contributed by atoms with E-state index in [4.69, 9.17) is 4.74 Å². The van der Waals surface area contributed by atoms with E-state index in [1.807, 2.05) is 48.5 Å². The number of thioether (sulfide) groups is 1. The molecule has 8 heteroatoms. The maximum Gasteiger partial charge on any atom is 0.232 e. The summed E-state index contributed by atoms with van der Waals surface area (Å²) in [6.07, 6.45) is 0. The van der Waals surface area contributed by atoms with E-state index in [0.717, 1.165) is 34.8 Å². The van der Waals surface area contributed by atoms with Crippen LogP contribution in [0.15, 0.2) is 70.7 Å². The number of ether oxygens (including phenoxy) is 1. The number of hydrogen-bond acceptors (Lipinski definition) is 6. The molecule has 0 N–H and O–H groups in total. The highest BCUT2D eigenvalue weighted by molar-refractivity contribution is 8.00. The van der Waals surface area contributed by atoms with Crippen molar-refractivity contribution >= 4 is 28.5 Å². The third kappa shape index (κ3) is 4.45. The lowest BCUT2D eigenvalue weighted by atomic mass is 10.3. The Morgan fingerprint density at radius 3 is 2.36 bits per heavy atom. The lowest BCUT2D eigenvalue weighted by Crippen LogP contribution is -2.37. The van der Waals surface area contributed by atoms with Gasteiger partial charge in [0.1, 0.15) is 0 Å². The van der Waals surface area contributed by atoms with Gasteiger partial charge in [0.2, 0.25) is 5.95 Å². The van der Waals surface area contributed by atoms with Gasteiger partial charge >= 0.3 is 0 Å². The van der Waals surface area contributed by atoms with Crippen molar-refractivity contribution in [2.24, 2.45) is 0 Å². The molecule has 2 aromatic carbocycles. The van der Waals surface area contributed by atoms with Gasteiger partial charge in [-0.25, -0.2) is 0 Å². The van der Waals surface area contributed by atoms with Crippen LogP contribution < -0.4 is 4.90 Å². The topological polar surface area (TPSA) is 60.3 Å². The Balaban J connectivity index is 1.52. The van der Waals surface area contributed by atoms with E-state index in [1.54, 1.807) is 11.8 Å². The van der Waals surface area contributed by atoms with Crippen molar-refractivity contribution in [2.45, 2.75) is 10.1 Å². The Labute approximate surface area is 171 Å². The molecule has 0 amide bonds. The Bertz CT molecular complexity index is 912. The van der Waals surface area contributed by atoms with E-state index in [9.17, 15) is 4.21 Å². The molecule has 4 rings (SSSR count). The van der Waals surface area contributed by atoms with Crippen LogP contribution in [-0.2, 0) is 15.5 Å². The van der Waals surface area contributed by atoms with Gasteiger partial charge in [-0.15, -0.1) is 10.2 Å². The van der Waals surface area contributed by atoms with Crippen molar-refractivity contribution in [1.82, 2.24) is 14.8 Å². The van der Waals surface area contributed by atoms with Crippen molar-refractivity contribution in [2.75, 3.05) is 42.7 Å². The Morgan fingerprint density at radius 1 is 0.964 bits per heavy atom. The van der Waals surface area contributed by atoms with Gasteiger partial charge in [0.15, 0.2) is 5.16 Å². The first-order chi connectivity index (χ1) is 13.8. The lowest BCUT2D eigenvalue weighted by molar-refractivity contribution is 0.122. The summed E-state index contributed by atoms with van der Waals surface area (Å²) in [4.78, 5) is 3.07. The molecule has 2 heterocycles. The number of hydrogen-bond donors (Lipinski definition) is 0. The van der Waals surface area contributed by atoms with Crippen LogP contribution in [0, 0.1) is 0 Å². The maximum absolute atomic E-state index is 12.5. The largest absolute Gasteiger partial charge is 0.378 e. The summed E-state index contributed by atoms with van der Waals surface area (Å²) in [7, 11) is -1.01. The molecular formula is C20H22N4O2S2. The molecular weight excluding hydrogens is 392 g/mol. The number of morpholine rings is 1. The van der Waals surface area contributed by atoms with Gasteiger partial charge < -0.3 is 9.64 Å². The van der Waals surface area contributed by atoms with Crippen LogP contribution in [-0.4, -0.2) is 56.8 Å². The molecule has 1 aliphatic heterocycles. The summed E-state index contributed by atoms with van der Waals surface area (Å²) in [6.45, 7) is 2.99. The minimum atomic E-state index is -1.01. The summed E-state index contributed by atoms with van der Waals surface area (Å²) in [5.41, 5.74) is 1.03. The van der Waals surface area contributed by atoms with Gasteiger partial charge in [0.25, 0.3) is 0 Å². The molecule has 28 heavy (non-hydrogen) atoms. The van der Waals surface area contributed by atoms with Gasteiger partial charge in [0, 0.05) is 29.5 Å². The van der Waals surface area contributed by atoms with E-state index in [1.165, 1.54) is 0 Å². The SMILES string of the molecule is O=S(CCSc1nnc(N2CCOCC2)n1-c1ccccc1)c1ccccc1. The fraction of sp³-hybridized carbons (Fsp3) is 0.300. The van der Waals surface area contributed by atoms with Crippen molar-refractivity contribution < 1.29 is 8.95 Å². The Kier molecular flexibility index (Phi) is 6.41. The highest BCUT2D eigenvalue weighted by atomic mass is 32.2. The second-order valence-corrected chi connectivity index (χ2v) is 8.90. The van der Waals surface area contributed by atoms with Gasteiger partial charge in [0.05, 0.1) is 29.7 Å². The fourth-order valence-corrected chi connectivity index (χ4v) is 5.26. The van der Waals surface area contributed by atoms with Crippen LogP contribution >= 0.6 is 11.8 Å². The minimum absolute atomic E-state index is 0.573. The van der Waals surface area contributed by atoms with Crippen LogP contribution in [0.25, 0.3) is 5.69 Å². The predicted octanol–water partition coefficient (Wildman–Crippen LogP) is 3.00. The molecule has 3 aromatic rings. The van der Waals surface area contributed by atoms with E-state index in [-0.39, 0.29) is 0 Å². The highest BCUT2D eigenvalue weighted by Crippen LogP contribution is 2.27. The van der Waals surface area contributed by atoms with Gasteiger partial charge in [-0.1, -0.05) is 48.2 Å². The third-order valence-electron chi connectivity index (χ3n) is 4.43. The van der Waals surface area contributed by atoms with Crippen molar-refractivity contribution in [3.63, 3.8) is 0 Å². The molecule has 0 bridgehead atoms. The van der Waals surface area contributed by atoms with E-state index < -0.39 is 10.8 Å². The first kappa shape index (κ1) is 19.2. The molecule has 1 fully saturated rings. The number of anilines is 1. The zero-order valence-corrected chi connectivity index (χ0v) is 17.1. The Hall–Kier alpha value is -2.16. The number of rotatable bonds is 7. The molecule has 0 aliphatic carbocycles. The first-order valence-corrected chi connectivity index (χ1v) is 11.5. The molecule has 0 radical (unpaired) electrons. The van der Waals surface area contributed by atoms with Crippen molar-refractivity contribution in [3.05, 3.63) is 60.7 Å². The molecule has 1 unspecified atom stereocenters. The number of para-hydroxylation sites is 1. The standard InChI is InChI=1S/C20H22N4O2S2/c25-28(18-9-5-2-6-10-18)16-15-27-20-22-21-19(23-11-13-26-14-12-23)24(20)17-7-3-1-4-8-17/h1-10H,11-16H2. The highest BCUT2D eigenvalue weighted by Gasteiger charge is 2.21. The van der Waals surface area contributed by atoms with Gasteiger partial charge in [-0.05, 0) is 24.3 Å². The van der Waals surface area contributed by atoms with E-state index in [2.05, 4.69) is 31.8 Å². The number of nitrogens with zero attached hydrogens (tertiary/aromatic N) is 4. The Morgan fingerprint density at radius 2 is 1.64 bits per heavy atom. The smallest absolute Gasteiger partial charge is 0.232 e. The quantitative estimate of drug-likeness (QED) is 0.554. The molecule has 1 saturated heterocycles. The fourth-order valence-electron chi connectivity index (χ4n) is 3.03. The van der Waals surface area contributed by atoms with Crippen LogP contribution in [0.5, 0.6) is 0 Å². The summed E-state index contributed by atoms with van der Waals surface area (Å²) >= 11 is 1.59. The molecule has 1 atom stereocenters. The van der Waals surface area contributed by atoms with Crippen LogP contribution in [0.2, 0.25) is 0 Å². The second kappa shape index (κ2) is 9.36. The van der Waals surface area contributed by atoms with Crippen molar-refractivity contribution in [1.29, 1.82) is 0 Å². The minimum Gasteiger partial charge on any atom is -0.378 e. The normalized spacial score (nSPS) is 15.5. The number of benzene rings is 2. The molecule has 1 aromatic heterocycles. The zero-order valence-electron chi connectivity index (χ0n) is 15.4. The summed E-state index contributed by atoms with van der Waals surface area (Å²) in [5.74, 6) is 2.11. The maximum atomic E-state index is 12.5. The summed E-state index contributed by atoms with van der Waals surface area (Å²) < 4.78 is 20.0. The second-order valence-electron chi connectivity index (χ2n) is 6.26. The van der Waals surface area contributed by atoms with E-state index >= 15 is 0 Å². The van der Waals surface area contributed by atoms with Gasteiger partial charge in [-0.2, -0.15) is 0 Å². The van der Waals surface area contributed by atoms with E-state index in [0.29, 0.717) is 24.7 Å². The predicted molar refractivity (Wildman–Crippen MR) is 113 cm³/mol. The third-order valence-corrected chi connectivity index (χ3v) is 6.99. The first-order valence-electron chi connectivity index (χ1n) is 9.23. The van der Waals surface area contributed by atoms with Gasteiger partial charge in [-0.3, -0.25) is 8.78 Å². The van der Waals surface area contributed by atoms with Crippen LogP contribution in [0.1, 0.15) is 0 Å². The monoisotopic (exact) mass is 414 g/mol.